The Labute approximate surface area is 121 Å². The van der Waals surface area contributed by atoms with Gasteiger partial charge in [0.1, 0.15) is 5.56 Å². The highest BCUT2D eigenvalue weighted by molar-refractivity contribution is 5.93. The normalized spacial score (nSPS) is 27.3. The van der Waals surface area contributed by atoms with Crippen molar-refractivity contribution in [2.45, 2.75) is 18.9 Å². The standard InChI is InChI=1S/C14H17N3O4/c18-14(19)11-7-10(1-2-13(11)17(20)21)15-12-8-16-5-3-9(12)4-6-16/h1-2,7,9,12,15H,3-6,8H2,(H,18,19). The van der Waals surface area contributed by atoms with Crippen LogP contribution in [0.25, 0.3) is 0 Å². The summed E-state index contributed by atoms with van der Waals surface area (Å²) in [5, 5.41) is 23.3. The minimum absolute atomic E-state index is 0.272. The van der Waals surface area contributed by atoms with Crippen LogP contribution in [-0.4, -0.2) is 46.6 Å². The van der Waals surface area contributed by atoms with Gasteiger partial charge in [0.05, 0.1) is 4.92 Å². The van der Waals surface area contributed by atoms with E-state index in [0.717, 1.165) is 32.5 Å². The molecule has 3 aliphatic rings. The van der Waals surface area contributed by atoms with Crippen molar-refractivity contribution in [2.75, 3.05) is 25.0 Å². The molecule has 3 saturated heterocycles. The fraction of sp³-hybridized carbons (Fsp3) is 0.500. The Balaban J connectivity index is 1.81. The van der Waals surface area contributed by atoms with Gasteiger partial charge in [0.15, 0.2) is 0 Å². The van der Waals surface area contributed by atoms with Crippen LogP contribution in [0.4, 0.5) is 11.4 Å². The van der Waals surface area contributed by atoms with Crippen molar-refractivity contribution in [3.63, 3.8) is 0 Å². The second kappa shape index (κ2) is 5.33. The zero-order valence-corrected chi connectivity index (χ0v) is 11.5. The maximum absolute atomic E-state index is 11.2. The maximum atomic E-state index is 11.2. The molecule has 0 aromatic heterocycles. The van der Waals surface area contributed by atoms with E-state index in [1.54, 1.807) is 6.07 Å². The summed E-state index contributed by atoms with van der Waals surface area (Å²) in [5.41, 5.74) is -0.00927. The Bertz CT molecular complexity index is 582. The average molecular weight is 291 g/mol. The van der Waals surface area contributed by atoms with Gasteiger partial charge in [0.25, 0.3) is 5.69 Å². The molecule has 1 unspecified atom stereocenters. The van der Waals surface area contributed by atoms with Gasteiger partial charge in [-0.05, 0) is 44.0 Å². The molecule has 0 aliphatic carbocycles. The zero-order chi connectivity index (χ0) is 15.0. The Hall–Kier alpha value is -2.15. The van der Waals surface area contributed by atoms with Crippen LogP contribution in [0.2, 0.25) is 0 Å². The summed E-state index contributed by atoms with van der Waals surface area (Å²) in [6.07, 6.45) is 2.30. The van der Waals surface area contributed by atoms with Crippen LogP contribution in [0.15, 0.2) is 18.2 Å². The van der Waals surface area contributed by atoms with Crippen LogP contribution in [0.5, 0.6) is 0 Å². The number of anilines is 1. The van der Waals surface area contributed by atoms with Crippen LogP contribution in [-0.2, 0) is 0 Å². The van der Waals surface area contributed by atoms with Gasteiger partial charge >= 0.3 is 5.97 Å². The first-order chi connectivity index (χ1) is 10.0. The molecule has 7 nitrogen and oxygen atoms in total. The molecule has 21 heavy (non-hydrogen) atoms. The second-order valence-electron chi connectivity index (χ2n) is 5.68. The summed E-state index contributed by atoms with van der Waals surface area (Å²) < 4.78 is 0. The van der Waals surface area contributed by atoms with Crippen molar-refractivity contribution in [1.29, 1.82) is 0 Å². The first kappa shape index (κ1) is 13.8. The summed E-state index contributed by atoms with van der Waals surface area (Å²) in [6, 6.07) is 4.49. The van der Waals surface area contributed by atoms with E-state index < -0.39 is 10.9 Å². The van der Waals surface area contributed by atoms with Crippen molar-refractivity contribution in [3.05, 3.63) is 33.9 Å². The van der Waals surface area contributed by atoms with Gasteiger partial charge in [-0.1, -0.05) is 0 Å². The van der Waals surface area contributed by atoms with Gasteiger partial charge in [0.2, 0.25) is 0 Å². The third kappa shape index (κ3) is 2.69. The largest absolute Gasteiger partial charge is 0.477 e. The Morgan fingerprint density at radius 2 is 2.10 bits per heavy atom. The number of nitro groups is 1. The summed E-state index contributed by atoms with van der Waals surface area (Å²) in [4.78, 5) is 23.7. The minimum atomic E-state index is -1.28. The number of carbonyl (C=O) groups is 1. The fourth-order valence-electron chi connectivity index (χ4n) is 3.30. The molecule has 1 aromatic rings. The van der Waals surface area contributed by atoms with Gasteiger partial charge in [-0.3, -0.25) is 10.1 Å². The Kier molecular flexibility index (Phi) is 3.50. The lowest BCUT2D eigenvalue weighted by Gasteiger charge is -2.45. The summed E-state index contributed by atoms with van der Waals surface area (Å²) in [7, 11) is 0. The van der Waals surface area contributed by atoms with Crippen molar-refractivity contribution < 1.29 is 14.8 Å². The number of aromatic carboxylic acids is 1. The lowest BCUT2D eigenvalue weighted by atomic mass is 9.84. The van der Waals surface area contributed by atoms with Crippen LogP contribution in [0.1, 0.15) is 23.2 Å². The topological polar surface area (TPSA) is 95.7 Å². The molecule has 2 N–H and O–H groups in total. The highest BCUT2D eigenvalue weighted by atomic mass is 16.6. The third-order valence-corrected chi connectivity index (χ3v) is 4.43. The number of nitro benzene ring substituents is 1. The van der Waals surface area contributed by atoms with Gasteiger partial charge in [0, 0.05) is 24.3 Å². The summed E-state index contributed by atoms with van der Waals surface area (Å²) in [6.45, 7) is 3.21. The van der Waals surface area contributed by atoms with Gasteiger partial charge < -0.3 is 15.3 Å². The number of carboxylic acid groups (broad SMARTS) is 1. The fourth-order valence-corrected chi connectivity index (χ4v) is 3.30. The van der Waals surface area contributed by atoms with Crippen molar-refractivity contribution in [3.8, 4) is 0 Å². The molecule has 3 fully saturated rings. The number of nitrogens with zero attached hydrogens (tertiary/aromatic N) is 2. The molecule has 3 aliphatic heterocycles. The number of hydrogen-bond donors (Lipinski definition) is 2. The lowest BCUT2D eigenvalue weighted by Crippen LogP contribution is -2.53. The summed E-state index contributed by atoms with van der Waals surface area (Å²) in [5.74, 6) is -0.683. The SMILES string of the molecule is O=C(O)c1cc(NC2CN3CCC2CC3)ccc1[N+](=O)[O-]. The van der Waals surface area contributed by atoms with E-state index in [4.69, 9.17) is 5.11 Å². The number of nitrogens with one attached hydrogen (secondary N) is 1. The molecule has 112 valence electrons. The van der Waals surface area contributed by atoms with E-state index in [2.05, 4.69) is 10.2 Å². The van der Waals surface area contributed by atoms with Crippen LogP contribution in [0.3, 0.4) is 0 Å². The molecule has 0 saturated carbocycles. The predicted octanol–water partition coefficient (Wildman–Crippen LogP) is 1.80. The molecule has 4 rings (SSSR count). The zero-order valence-electron chi connectivity index (χ0n) is 11.5. The molecule has 2 bridgehead atoms. The number of rotatable bonds is 4. The number of fused-ring (bicyclic) bond motifs is 3. The molecular formula is C14H17N3O4. The molecule has 1 aromatic carbocycles. The lowest BCUT2D eigenvalue weighted by molar-refractivity contribution is -0.385. The van der Waals surface area contributed by atoms with Crippen LogP contribution in [0, 0.1) is 16.0 Å². The van der Waals surface area contributed by atoms with Crippen molar-refractivity contribution in [2.24, 2.45) is 5.92 Å². The first-order valence-corrected chi connectivity index (χ1v) is 7.05. The quantitative estimate of drug-likeness (QED) is 0.648. The number of carboxylic acids is 1. The third-order valence-electron chi connectivity index (χ3n) is 4.43. The molecule has 0 spiro atoms. The maximum Gasteiger partial charge on any atom is 0.342 e. The molecular weight excluding hydrogens is 274 g/mol. The van der Waals surface area contributed by atoms with Crippen LogP contribution < -0.4 is 5.32 Å². The monoisotopic (exact) mass is 291 g/mol. The number of hydrogen-bond acceptors (Lipinski definition) is 5. The average Bonchev–Trinajstić information content (AvgIpc) is 2.48. The second-order valence-corrected chi connectivity index (χ2v) is 5.68. The van der Waals surface area contributed by atoms with E-state index in [1.165, 1.54) is 12.1 Å². The van der Waals surface area contributed by atoms with E-state index in [9.17, 15) is 14.9 Å². The highest BCUT2D eigenvalue weighted by Crippen LogP contribution is 2.31. The molecule has 1 atom stereocenters. The molecule has 0 radical (unpaired) electrons. The van der Waals surface area contributed by atoms with E-state index in [0.29, 0.717) is 11.6 Å². The highest BCUT2D eigenvalue weighted by Gasteiger charge is 2.34. The molecule has 3 heterocycles. The molecule has 0 amide bonds. The molecule has 7 heteroatoms. The van der Waals surface area contributed by atoms with Gasteiger partial charge in [-0.15, -0.1) is 0 Å². The number of benzene rings is 1. The van der Waals surface area contributed by atoms with Crippen LogP contribution >= 0.6 is 0 Å². The van der Waals surface area contributed by atoms with E-state index >= 15 is 0 Å². The first-order valence-electron chi connectivity index (χ1n) is 7.05. The minimum Gasteiger partial charge on any atom is -0.477 e. The predicted molar refractivity (Wildman–Crippen MR) is 76.6 cm³/mol. The van der Waals surface area contributed by atoms with E-state index in [1.807, 2.05) is 0 Å². The van der Waals surface area contributed by atoms with Crippen molar-refractivity contribution in [1.82, 2.24) is 4.90 Å². The smallest absolute Gasteiger partial charge is 0.342 e. The van der Waals surface area contributed by atoms with Crippen molar-refractivity contribution >= 4 is 17.3 Å². The summed E-state index contributed by atoms with van der Waals surface area (Å²) >= 11 is 0. The Morgan fingerprint density at radius 1 is 1.38 bits per heavy atom. The van der Waals surface area contributed by atoms with Gasteiger partial charge in [-0.2, -0.15) is 0 Å². The number of piperidine rings is 3. The van der Waals surface area contributed by atoms with Gasteiger partial charge in [-0.25, -0.2) is 4.79 Å². The Morgan fingerprint density at radius 3 is 2.62 bits per heavy atom. The van der Waals surface area contributed by atoms with E-state index in [-0.39, 0.29) is 17.3 Å².